The molecule has 0 spiro atoms. The fraction of sp³-hybridized carbons (Fsp3) is 0.600. The van der Waals surface area contributed by atoms with E-state index in [1.807, 2.05) is 6.07 Å². The molecular weight excluding hydrogens is 242 g/mol. The lowest BCUT2D eigenvalue weighted by molar-refractivity contribution is 0.273. The van der Waals surface area contributed by atoms with E-state index >= 15 is 0 Å². The fourth-order valence-corrected chi connectivity index (χ4v) is 3.58. The molecule has 18 heavy (non-hydrogen) atoms. The van der Waals surface area contributed by atoms with Crippen LogP contribution in [0.15, 0.2) is 12.1 Å². The summed E-state index contributed by atoms with van der Waals surface area (Å²) in [6.45, 7) is 2.17. The Morgan fingerprint density at radius 2 is 2.17 bits per heavy atom. The third-order valence-electron chi connectivity index (χ3n) is 3.42. The SMILES string of the molecule is CN(Cc1ccc(C#CCO)s1)CC1CCCC1. The Bertz CT molecular complexity index is 423. The quantitative estimate of drug-likeness (QED) is 0.844. The second-order valence-corrected chi connectivity index (χ2v) is 6.24. The van der Waals surface area contributed by atoms with Crippen molar-refractivity contribution in [3.05, 3.63) is 21.9 Å². The van der Waals surface area contributed by atoms with E-state index in [0.717, 1.165) is 17.3 Å². The monoisotopic (exact) mass is 263 g/mol. The van der Waals surface area contributed by atoms with Gasteiger partial charge in [0.25, 0.3) is 0 Å². The summed E-state index contributed by atoms with van der Waals surface area (Å²) in [6.07, 6.45) is 5.64. The Morgan fingerprint density at radius 3 is 2.89 bits per heavy atom. The summed E-state index contributed by atoms with van der Waals surface area (Å²) in [5, 5.41) is 8.66. The van der Waals surface area contributed by atoms with Crippen molar-refractivity contribution in [1.29, 1.82) is 0 Å². The maximum atomic E-state index is 8.66. The minimum atomic E-state index is -0.0607. The maximum absolute atomic E-state index is 8.66. The van der Waals surface area contributed by atoms with E-state index in [1.165, 1.54) is 37.1 Å². The van der Waals surface area contributed by atoms with E-state index in [2.05, 4.69) is 29.9 Å². The van der Waals surface area contributed by atoms with Crippen molar-refractivity contribution in [2.24, 2.45) is 5.92 Å². The number of aliphatic hydroxyl groups excluding tert-OH is 1. The zero-order chi connectivity index (χ0) is 12.8. The first-order valence-corrected chi connectivity index (χ1v) is 7.46. The molecule has 0 unspecified atom stereocenters. The van der Waals surface area contributed by atoms with Crippen molar-refractivity contribution in [2.75, 3.05) is 20.2 Å². The van der Waals surface area contributed by atoms with Crippen molar-refractivity contribution < 1.29 is 5.11 Å². The number of thiophene rings is 1. The second kappa shape index (κ2) is 6.94. The number of rotatable bonds is 4. The van der Waals surface area contributed by atoms with Crippen LogP contribution in [0.2, 0.25) is 0 Å². The molecule has 1 saturated carbocycles. The number of nitrogens with zero attached hydrogens (tertiary/aromatic N) is 1. The topological polar surface area (TPSA) is 23.5 Å². The highest BCUT2D eigenvalue weighted by molar-refractivity contribution is 7.12. The smallest absolute Gasteiger partial charge is 0.104 e. The summed E-state index contributed by atoms with van der Waals surface area (Å²) in [5.74, 6) is 6.56. The highest BCUT2D eigenvalue weighted by Gasteiger charge is 2.16. The van der Waals surface area contributed by atoms with Gasteiger partial charge in [0.15, 0.2) is 0 Å². The zero-order valence-corrected chi connectivity index (χ0v) is 11.8. The summed E-state index contributed by atoms with van der Waals surface area (Å²) in [7, 11) is 2.21. The molecule has 0 saturated heterocycles. The molecule has 3 heteroatoms. The van der Waals surface area contributed by atoms with E-state index in [1.54, 1.807) is 11.3 Å². The van der Waals surface area contributed by atoms with E-state index < -0.39 is 0 Å². The van der Waals surface area contributed by atoms with Gasteiger partial charge in [-0.1, -0.05) is 24.7 Å². The number of aliphatic hydroxyl groups is 1. The lowest BCUT2D eigenvalue weighted by Gasteiger charge is -2.19. The third kappa shape index (κ3) is 4.13. The molecule has 0 bridgehead atoms. The average molecular weight is 263 g/mol. The van der Waals surface area contributed by atoms with Gasteiger partial charge in [-0.25, -0.2) is 0 Å². The molecule has 1 heterocycles. The zero-order valence-electron chi connectivity index (χ0n) is 11.0. The van der Waals surface area contributed by atoms with Gasteiger partial charge in [-0.05, 0) is 37.9 Å². The highest BCUT2D eigenvalue weighted by atomic mass is 32.1. The molecule has 0 aromatic carbocycles. The predicted octanol–water partition coefficient (Wildman–Crippen LogP) is 2.71. The van der Waals surface area contributed by atoms with Gasteiger partial charge in [0.2, 0.25) is 0 Å². The molecule has 1 aromatic heterocycles. The standard InChI is InChI=1S/C15H21NOS/c1-16(11-13-5-2-3-6-13)12-15-9-8-14(18-15)7-4-10-17/h8-9,13,17H,2-3,5-6,10-12H2,1H3. The van der Waals surface area contributed by atoms with Crippen LogP contribution in [0.3, 0.4) is 0 Å². The highest BCUT2D eigenvalue weighted by Crippen LogP contribution is 2.26. The first-order chi connectivity index (χ1) is 8.78. The van der Waals surface area contributed by atoms with Crippen LogP contribution >= 0.6 is 11.3 Å². The van der Waals surface area contributed by atoms with Gasteiger partial charge < -0.3 is 10.0 Å². The lowest BCUT2D eigenvalue weighted by atomic mass is 10.1. The molecule has 1 aliphatic carbocycles. The van der Waals surface area contributed by atoms with Crippen LogP contribution in [-0.2, 0) is 6.54 Å². The molecule has 1 aromatic rings. The Labute approximate surface area is 114 Å². The summed E-state index contributed by atoms with van der Waals surface area (Å²) in [4.78, 5) is 4.83. The third-order valence-corrected chi connectivity index (χ3v) is 4.41. The van der Waals surface area contributed by atoms with Gasteiger partial charge in [-0.15, -0.1) is 11.3 Å². The Hall–Kier alpha value is -0.820. The minimum Gasteiger partial charge on any atom is -0.384 e. The van der Waals surface area contributed by atoms with Gasteiger partial charge in [0, 0.05) is 18.0 Å². The van der Waals surface area contributed by atoms with Crippen molar-refractivity contribution in [2.45, 2.75) is 32.2 Å². The molecule has 0 amide bonds. The normalized spacial score (nSPS) is 15.9. The molecule has 1 N–H and O–H groups in total. The molecule has 0 atom stereocenters. The Morgan fingerprint density at radius 1 is 1.39 bits per heavy atom. The van der Waals surface area contributed by atoms with Gasteiger partial charge in [0.1, 0.15) is 6.61 Å². The van der Waals surface area contributed by atoms with Crippen molar-refractivity contribution in [3.63, 3.8) is 0 Å². The lowest BCUT2D eigenvalue weighted by Crippen LogP contribution is -2.23. The van der Waals surface area contributed by atoms with E-state index in [9.17, 15) is 0 Å². The van der Waals surface area contributed by atoms with E-state index in [-0.39, 0.29) is 6.61 Å². The average Bonchev–Trinajstić information content (AvgIpc) is 2.98. The van der Waals surface area contributed by atoms with Crippen LogP contribution in [0.5, 0.6) is 0 Å². The summed E-state index contributed by atoms with van der Waals surface area (Å²) < 4.78 is 0. The summed E-state index contributed by atoms with van der Waals surface area (Å²) in [6, 6.07) is 4.20. The van der Waals surface area contributed by atoms with Crippen LogP contribution in [0.25, 0.3) is 0 Å². The first-order valence-electron chi connectivity index (χ1n) is 6.65. The Balaban J connectivity index is 1.82. The van der Waals surface area contributed by atoms with Crippen LogP contribution in [-0.4, -0.2) is 30.2 Å². The van der Waals surface area contributed by atoms with Crippen LogP contribution in [0.4, 0.5) is 0 Å². The van der Waals surface area contributed by atoms with Gasteiger partial charge in [0.05, 0.1) is 4.88 Å². The molecule has 2 rings (SSSR count). The first kappa shape index (κ1) is 13.6. The van der Waals surface area contributed by atoms with Crippen molar-refractivity contribution in [3.8, 4) is 11.8 Å². The second-order valence-electron chi connectivity index (χ2n) is 5.07. The Kier molecular flexibility index (Phi) is 5.25. The minimum absolute atomic E-state index is 0.0607. The molecule has 1 aliphatic rings. The van der Waals surface area contributed by atoms with Gasteiger partial charge in [-0.2, -0.15) is 0 Å². The molecule has 0 radical (unpaired) electrons. The molecule has 98 valence electrons. The summed E-state index contributed by atoms with van der Waals surface area (Å²) >= 11 is 1.73. The molecule has 1 fully saturated rings. The van der Waals surface area contributed by atoms with E-state index in [0.29, 0.717) is 0 Å². The van der Waals surface area contributed by atoms with Gasteiger partial charge in [-0.3, -0.25) is 0 Å². The summed E-state index contributed by atoms with van der Waals surface area (Å²) in [5.41, 5.74) is 0. The van der Waals surface area contributed by atoms with Crippen LogP contribution < -0.4 is 0 Å². The fourth-order valence-electron chi connectivity index (χ4n) is 2.62. The maximum Gasteiger partial charge on any atom is 0.104 e. The largest absolute Gasteiger partial charge is 0.384 e. The van der Waals surface area contributed by atoms with Crippen LogP contribution in [0, 0.1) is 17.8 Å². The predicted molar refractivity (Wildman–Crippen MR) is 76.6 cm³/mol. The molecular formula is C15H21NOS. The number of hydrogen-bond acceptors (Lipinski definition) is 3. The van der Waals surface area contributed by atoms with Gasteiger partial charge >= 0.3 is 0 Å². The molecule has 2 nitrogen and oxygen atoms in total. The van der Waals surface area contributed by atoms with Crippen LogP contribution in [0.1, 0.15) is 35.4 Å². The van der Waals surface area contributed by atoms with Crippen molar-refractivity contribution >= 4 is 11.3 Å². The molecule has 0 aliphatic heterocycles. The number of hydrogen-bond donors (Lipinski definition) is 1. The van der Waals surface area contributed by atoms with Crippen molar-refractivity contribution in [1.82, 2.24) is 4.90 Å². The van der Waals surface area contributed by atoms with E-state index in [4.69, 9.17) is 5.11 Å².